The van der Waals surface area contributed by atoms with E-state index in [1.165, 1.54) is 0 Å². The van der Waals surface area contributed by atoms with Gasteiger partial charge in [0.15, 0.2) is 0 Å². The van der Waals surface area contributed by atoms with Crippen molar-refractivity contribution < 1.29 is 9.21 Å². The Labute approximate surface area is 118 Å². The van der Waals surface area contributed by atoms with Gasteiger partial charge in [0.25, 0.3) is 0 Å². The first-order valence-corrected chi connectivity index (χ1v) is 7.29. The lowest BCUT2D eigenvalue weighted by Crippen LogP contribution is -2.38. The molecule has 2 N–H and O–H groups in total. The van der Waals surface area contributed by atoms with Crippen LogP contribution in [0.25, 0.3) is 11.0 Å². The molecule has 4 nitrogen and oxygen atoms in total. The van der Waals surface area contributed by atoms with Crippen molar-refractivity contribution in [3.05, 3.63) is 36.1 Å². The maximum atomic E-state index is 12.0. The van der Waals surface area contributed by atoms with Gasteiger partial charge in [-0.05, 0) is 38.1 Å². The Hall–Kier alpha value is -1.81. The number of hydrogen-bond donors (Lipinski definition) is 2. The Balaban J connectivity index is 1.50. The van der Waals surface area contributed by atoms with Gasteiger partial charge in [0, 0.05) is 24.3 Å². The summed E-state index contributed by atoms with van der Waals surface area (Å²) in [6.07, 6.45) is 2.62. The predicted octanol–water partition coefficient (Wildman–Crippen LogP) is 2.09. The largest absolute Gasteiger partial charge is 0.461 e. The second-order valence-corrected chi connectivity index (χ2v) is 5.32. The molecule has 0 unspecified atom stereocenters. The van der Waals surface area contributed by atoms with E-state index in [1.807, 2.05) is 30.3 Å². The fourth-order valence-electron chi connectivity index (χ4n) is 2.70. The fraction of sp³-hybridized carbons (Fsp3) is 0.438. The van der Waals surface area contributed by atoms with E-state index < -0.39 is 0 Å². The monoisotopic (exact) mass is 272 g/mol. The molecule has 0 atom stereocenters. The summed E-state index contributed by atoms with van der Waals surface area (Å²) in [5.74, 6) is 1.28. The number of para-hydroxylation sites is 1. The minimum Gasteiger partial charge on any atom is -0.461 e. The molecule has 1 aromatic carbocycles. The van der Waals surface area contributed by atoms with Crippen molar-refractivity contribution in [2.75, 3.05) is 19.6 Å². The molecule has 0 saturated carbocycles. The van der Waals surface area contributed by atoms with Crippen LogP contribution in [0.3, 0.4) is 0 Å². The highest BCUT2D eigenvalue weighted by Crippen LogP contribution is 2.19. The molecule has 1 aliphatic heterocycles. The third-order valence-electron chi connectivity index (χ3n) is 3.86. The minimum atomic E-state index is 0.173. The maximum absolute atomic E-state index is 12.0. The third kappa shape index (κ3) is 3.02. The molecule has 106 valence electrons. The number of carbonyl (C=O) groups excluding carboxylic acids is 1. The van der Waals surface area contributed by atoms with E-state index >= 15 is 0 Å². The second kappa shape index (κ2) is 6.09. The standard InChI is InChI=1S/C16H20N2O2/c19-16(12-5-8-17-9-6-12)18-10-7-14-11-13-3-1-2-4-15(13)20-14/h1-4,11-12,17H,5-10H2,(H,18,19). The fourth-order valence-corrected chi connectivity index (χ4v) is 2.70. The lowest BCUT2D eigenvalue weighted by atomic mass is 9.97. The number of nitrogens with one attached hydrogen (secondary N) is 2. The maximum Gasteiger partial charge on any atom is 0.223 e. The van der Waals surface area contributed by atoms with E-state index in [-0.39, 0.29) is 11.8 Å². The van der Waals surface area contributed by atoms with Crippen molar-refractivity contribution in [1.29, 1.82) is 0 Å². The summed E-state index contributed by atoms with van der Waals surface area (Å²) in [6.45, 7) is 2.53. The van der Waals surface area contributed by atoms with Gasteiger partial charge in [-0.25, -0.2) is 0 Å². The molecular formula is C16H20N2O2. The number of benzene rings is 1. The van der Waals surface area contributed by atoms with Crippen LogP contribution in [0.5, 0.6) is 0 Å². The van der Waals surface area contributed by atoms with Crippen molar-refractivity contribution in [3.63, 3.8) is 0 Å². The van der Waals surface area contributed by atoms with E-state index in [4.69, 9.17) is 4.42 Å². The van der Waals surface area contributed by atoms with E-state index in [0.29, 0.717) is 6.54 Å². The zero-order chi connectivity index (χ0) is 13.8. The van der Waals surface area contributed by atoms with Gasteiger partial charge in [0.2, 0.25) is 5.91 Å². The summed E-state index contributed by atoms with van der Waals surface area (Å²) in [6, 6.07) is 10.0. The Morgan fingerprint density at radius 3 is 2.90 bits per heavy atom. The first-order chi connectivity index (χ1) is 9.83. The van der Waals surface area contributed by atoms with Gasteiger partial charge in [0.05, 0.1) is 0 Å². The zero-order valence-corrected chi connectivity index (χ0v) is 11.5. The van der Waals surface area contributed by atoms with Gasteiger partial charge in [0.1, 0.15) is 11.3 Å². The van der Waals surface area contributed by atoms with Gasteiger partial charge in [-0.1, -0.05) is 18.2 Å². The van der Waals surface area contributed by atoms with Crippen LogP contribution in [0.15, 0.2) is 34.7 Å². The first-order valence-electron chi connectivity index (χ1n) is 7.29. The Kier molecular flexibility index (Phi) is 4.02. The molecule has 0 spiro atoms. The number of fused-ring (bicyclic) bond motifs is 1. The van der Waals surface area contributed by atoms with Crippen molar-refractivity contribution in [1.82, 2.24) is 10.6 Å². The van der Waals surface area contributed by atoms with Crippen LogP contribution in [-0.2, 0) is 11.2 Å². The van der Waals surface area contributed by atoms with E-state index in [2.05, 4.69) is 10.6 Å². The van der Waals surface area contributed by atoms with Crippen molar-refractivity contribution >= 4 is 16.9 Å². The van der Waals surface area contributed by atoms with Crippen LogP contribution in [0.1, 0.15) is 18.6 Å². The quantitative estimate of drug-likeness (QED) is 0.896. The third-order valence-corrected chi connectivity index (χ3v) is 3.86. The molecule has 4 heteroatoms. The van der Waals surface area contributed by atoms with Crippen LogP contribution >= 0.6 is 0 Å². The molecule has 2 heterocycles. The van der Waals surface area contributed by atoms with Crippen molar-refractivity contribution in [2.24, 2.45) is 5.92 Å². The molecule has 1 aromatic heterocycles. The van der Waals surface area contributed by atoms with Crippen LogP contribution in [0.4, 0.5) is 0 Å². The summed E-state index contributed by atoms with van der Waals surface area (Å²) in [4.78, 5) is 12.0. The topological polar surface area (TPSA) is 54.3 Å². The highest BCUT2D eigenvalue weighted by Gasteiger charge is 2.20. The highest BCUT2D eigenvalue weighted by molar-refractivity contribution is 5.79. The number of hydrogen-bond acceptors (Lipinski definition) is 3. The van der Waals surface area contributed by atoms with Crippen LogP contribution in [0, 0.1) is 5.92 Å². The molecule has 1 amide bonds. The lowest BCUT2D eigenvalue weighted by Gasteiger charge is -2.21. The molecule has 3 rings (SSSR count). The predicted molar refractivity (Wildman–Crippen MR) is 78.5 cm³/mol. The lowest BCUT2D eigenvalue weighted by molar-refractivity contribution is -0.125. The molecule has 1 aliphatic rings. The van der Waals surface area contributed by atoms with E-state index in [1.54, 1.807) is 0 Å². The van der Waals surface area contributed by atoms with Gasteiger partial charge in [-0.3, -0.25) is 4.79 Å². The molecule has 1 saturated heterocycles. The Morgan fingerprint density at radius 1 is 1.30 bits per heavy atom. The zero-order valence-electron chi connectivity index (χ0n) is 11.5. The summed E-state index contributed by atoms with van der Waals surface area (Å²) >= 11 is 0. The van der Waals surface area contributed by atoms with E-state index in [9.17, 15) is 4.79 Å². The van der Waals surface area contributed by atoms with Crippen molar-refractivity contribution in [3.8, 4) is 0 Å². The summed E-state index contributed by atoms with van der Waals surface area (Å²) in [5.41, 5.74) is 0.909. The van der Waals surface area contributed by atoms with Gasteiger partial charge >= 0.3 is 0 Å². The normalized spacial score (nSPS) is 16.4. The Morgan fingerprint density at radius 2 is 2.10 bits per heavy atom. The molecule has 2 aromatic rings. The Bertz CT molecular complexity index is 552. The average molecular weight is 272 g/mol. The first kappa shape index (κ1) is 13.2. The molecule has 1 fully saturated rings. The summed E-state index contributed by atoms with van der Waals surface area (Å²) < 4.78 is 5.73. The smallest absolute Gasteiger partial charge is 0.223 e. The van der Waals surface area contributed by atoms with Crippen LogP contribution in [-0.4, -0.2) is 25.5 Å². The second-order valence-electron chi connectivity index (χ2n) is 5.32. The molecule has 0 bridgehead atoms. The number of piperidine rings is 1. The summed E-state index contributed by atoms with van der Waals surface area (Å²) in [7, 11) is 0. The summed E-state index contributed by atoms with van der Waals surface area (Å²) in [5, 5.41) is 7.41. The molecule has 0 radical (unpaired) electrons. The van der Waals surface area contributed by atoms with Gasteiger partial charge < -0.3 is 15.1 Å². The SMILES string of the molecule is O=C(NCCc1cc2ccccc2o1)C1CCNCC1. The van der Waals surface area contributed by atoms with Crippen LogP contribution < -0.4 is 10.6 Å². The number of rotatable bonds is 4. The van der Waals surface area contributed by atoms with Crippen LogP contribution in [0.2, 0.25) is 0 Å². The molecular weight excluding hydrogens is 252 g/mol. The molecule has 0 aliphatic carbocycles. The molecule has 20 heavy (non-hydrogen) atoms. The van der Waals surface area contributed by atoms with Gasteiger partial charge in [-0.15, -0.1) is 0 Å². The van der Waals surface area contributed by atoms with Gasteiger partial charge in [-0.2, -0.15) is 0 Å². The highest BCUT2D eigenvalue weighted by atomic mass is 16.3. The number of furan rings is 1. The number of carbonyl (C=O) groups is 1. The van der Waals surface area contributed by atoms with E-state index in [0.717, 1.165) is 49.1 Å². The van der Waals surface area contributed by atoms with Crippen molar-refractivity contribution in [2.45, 2.75) is 19.3 Å². The number of amides is 1. The minimum absolute atomic E-state index is 0.173. The average Bonchev–Trinajstić information content (AvgIpc) is 2.90.